The van der Waals surface area contributed by atoms with Gasteiger partial charge in [0.25, 0.3) is 5.91 Å². The van der Waals surface area contributed by atoms with E-state index in [1.165, 1.54) is 38.5 Å². The van der Waals surface area contributed by atoms with Crippen molar-refractivity contribution < 1.29 is 22.7 Å². The number of methoxy groups -OCH3 is 2. The maximum Gasteiger partial charge on any atom is 0.255 e. The topological polar surface area (TPSA) is 84.9 Å². The molecule has 0 unspecified atom stereocenters. The van der Waals surface area contributed by atoms with Crippen LogP contribution in [0.2, 0.25) is 0 Å². The second-order valence-corrected chi connectivity index (χ2v) is 9.75. The van der Waals surface area contributed by atoms with Crippen molar-refractivity contribution in [1.29, 1.82) is 0 Å². The lowest BCUT2D eigenvalue weighted by Crippen LogP contribution is -2.42. The Morgan fingerprint density at radius 3 is 2.13 bits per heavy atom. The molecule has 1 heterocycles. The summed E-state index contributed by atoms with van der Waals surface area (Å²) in [4.78, 5) is 12.8. The number of rotatable bonds is 6. The summed E-state index contributed by atoms with van der Waals surface area (Å²) in [5.41, 5.74) is 0.912. The molecule has 0 aliphatic carbocycles. The zero-order valence-electron chi connectivity index (χ0n) is 17.7. The number of anilines is 1. The van der Waals surface area contributed by atoms with Crippen molar-refractivity contribution in [3.8, 4) is 11.5 Å². The van der Waals surface area contributed by atoms with Crippen molar-refractivity contribution in [3.05, 3.63) is 48.0 Å². The van der Waals surface area contributed by atoms with Gasteiger partial charge >= 0.3 is 0 Å². The number of nitrogens with zero attached hydrogens (tertiary/aromatic N) is 1. The highest BCUT2D eigenvalue weighted by Crippen LogP contribution is 2.30. The van der Waals surface area contributed by atoms with Crippen molar-refractivity contribution in [3.63, 3.8) is 0 Å². The molecular weight excluding hydrogens is 404 g/mol. The fourth-order valence-electron chi connectivity index (χ4n) is 3.85. The number of hydrogen-bond donors (Lipinski definition) is 1. The number of carbonyl (C=O) groups excluding carboxylic acids is 1. The van der Waals surface area contributed by atoms with Crippen LogP contribution >= 0.6 is 0 Å². The first-order valence-corrected chi connectivity index (χ1v) is 11.3. The molecule has 0 aromatic heterocycles. The molecule has 0 spiro atoms. The van der Waals surface area contributed by atoms with Crippen molar-refractivity contribution in [2.45, 2.75) is 25.2 Å². The van der Waals surface area contributed by atoms with Gasteiger partial charge in [-0.3, -0.25) is 4.79 Å². The molecule has 1 aliphatic rings. The van der Waals surface area contributed by atoms with Crippen LogP contribution in [0.4, 0.5) is 5.69 Å². The van der Waals surface area contributed by atoms with Crippen molar-refractivity contribution >= 4 is 21.6 Å². The zero-order valence-corrected chi connectivity index (χ0v) is 18.5. The summed E-state index contributed by atoms with van der Waals surface area (Å²) in [6.45, 7) is 5.18. The molecule has 8 heteroatoms. The molecule has 3 rings (SSSR count). The lowest BCUT2D eigenvalue weighted by Gasteiger charge is -2.34. The van der Waals surface area contributed by atoms with Crippen LogP contribution in [-0.2, 0) is 10.0 Å². The normalized spacial score (nSPS) is 19.9. The van der Waals surface area contributed by atoms with E-state index >= 15 is 0 Å². The Morgan fingerprint density at radius 2 is 1.57 bits per heavy atom. The number of nitrogens with one attached hydrogen (secondary N) is 1. The minimum Gasteiger partial charge on any atom is -0.493 e. The number of piperidine rings is 1. The smallest absolute Gasteiger partial charge is 0.255 e. The summed E-state index contributed by atoms with van der Waals surface area (Å²) in [5, 5.41) is 2.78. The van der Waals surface area contributed by atoms with E-state index in [1.807, 2.05) is 0 Å². The maximum absolute atomic E-state index is 13.0. The number of sulfonamides is 1. The SMILES string of the molecule is COc1ccc(NC(=O)c2ccc(S(=O)(=O)N3C[C@H](C)C[C@@H](C)C3)cc2)cc1OC. The molecule has 1 N–H and O–H groups in total. The highest BCUT2D eigenvalue weighted by molar-refractivity contribution is 7.89. The molecule has 30 heavy (non-hydrogen) atoms. The molecule has 0 radical (unpaired) electrons. The number of hydrogen-bond acceptors (Lipinski definition) is 5. The van der Waals surface area contributed by atoms with E-state index < -0.39 is 10.0 Å². The third-order valence-corrected chi connectivity index (χ3v) is 7.08. The Balaban J connectivity index is 1.74. The van der Waals surface area contributed by atoms with E-state index in [0.29, 0.717) is 47.7 Å². The standard InChI is InChI=1S/C22H28N2O5S/c1-15-11-16(2)14-24(13-15)30(26,27)19-8-5-17(6-9-19)22(25)23-18-7-10-20(28-3)21(12-18)29-4/h5-10,12,15-16H,11,13-14H2,1-4H3,(H,23,25)/t15-,16-/m1/s1. The maximum atomic E-state index is 13.0. The third kappa shape index (κ3) is 4.76. The minimum absolute atomic E-state index is 0.200. The summed E-state index contributed by atoms with van der Waals surface area (Å²) in [5.74, 6) is 1.38. The molecule has 1 fully saturated rings. The summed E-state index contributed by atoms with van der Waals surface area (Å²) in [6, 6.07) is 11.1. The molecule has 0 saturated carbocycles. The predicted octanol–water partition coefficient (Wildman–Crippen LogP) is 3.62. The van der Waals surface area contributed by atoms with Gasteiger partial charge in [-0.1, -0.05) is 13.8 Å². The van der Waals surface area contributed by atoms with Crippen molar-refractivity contribution in [1.82, 2.24) is 4.31 Å². The lowest BCUT2D eigenvalue weighted by molar-refractivity contribution is 0.102. The minimum atomic E-state index is -3.57. The largest absolute Gasteiger partial charge is 0.493 e. The highest BCUT2D eigenvalue weighted by atomic mass is 32.2. The van der Waals surface area contributed by atoms with Gasteiger partial charge in [-0.15, -0.1) is 0 Å². The molecule has 2 aromatic carbocycles. The predicted molar refractivity (Wildman–Crippen MR) is 116 cm³/mol. The second-order valence-electron chi connectivity index (χ2n) is 7.82. The Morgan fingerprint density at radius 1 is 0.967 bits per heavy atom. The van der Waals surface area contributed by atoms with E-state index in [9.17, 15) is 13.2 Å². The van der Waals surface area contributed by atoms with Crippen LogP contribution in [0.1, 0.15) is 30.6 Å². The van der Waals surface area contributed by atoms with Crippen LogP contribution in [-0.4, -0.2) is 45.9 Å². The van der Waals surface area contributed by atoms with Crippen LogP contribution in [0.15, 0.2) is 47.4 Å². The van der Waals surface area contributed by atoms with Crippen LogP contribution in [0.5, 0.6) is 11.5 Å². The first-order chi connectivity index (χ1) is 14.2. The first kappa shape index (κ1) is 22.1. The molecule has 1 aliphatic heterocycles. The van der Waals surface area contributed by atoms with Crippen molar-refractivity contribution in [2.24, 2.45) is 11.8 Å². The molecule has 2 atom stereocenters. The van der Waals surface area contributed by atoms with Gasteiger partial charge in [0, 0.05) is 30.4 Å². The number of benzene rings is 2. The van der Waals surface area contributed by atoms with Crippen molar-refractivity contribution in [2.75, 3.05) is 32.6 Å². The molecule has 162 valence electrons. The fourth-order valence-corrected chi connectivity index (χ4v) is 5.53. The van der Waals surface area contributed by atoms with Gasteiger partial charge < -0.3 is 14.8 Å². The Labute approximate surface area is 178 Å². The fraction of sp³-hybridized carbons (Fsp3) is 0.409. The van der Waals surface area contributed by atoms with Crippen LogP contribution in [0, 0.1) is 11.8 Å². The lowest BCUT2D eigenvalue weighted by atomic mass is 9.94. The Hall–Kier alpha value is -2.58. The van der Waals surface area contributed by atoms with E-state index in [1.54, 1.807) is 22.5 Å². The molecule has 0 bridgehead atoms. The van der Waals surface area contributed by atoms with Gasteiger partial charge in [0.1, 0.15) is 0 Å². The molecule has 2 aromatic rings. The van der Waals surface area contributed by atoms with Crippen LogP contribution in [0.25, 0.3) is 0 Å². The summed E-state index contributed by atoms with van der Waals surface area (Å²) in [7, 11) is -0.516. The summed E-state index contributed by atoms with van der Waals surface area (Å²) >= 11 is 0. The van der Waals surface area contributed by atoms with Crippen LogP contribution in [0.3, 0.4) is 0 Å². The number of amides is 1. The van der Waals surface area contributed by atoms with E-state index in [4.69, 9.17) is 9.47 Å². The molecule has 7 nitrogen and oxygen atoms in total. The Kier molecular flexibility index (Phi) is 6.67. The first-order valence-electron chi connectivity index (χ1n) is 9.88. The van der Waals surface area contributed by atoms with Crippen LogP contribution < -0.4 is 14.8 Å². The van der Waals surface area contributed by atoms with Gasteiger partial charge in [-0.25, -0.2) is 8.42 Å². The van der Waals surface area contributed by atoms with E-state index in [2.05, 4.69) is 19.2 Å². The average Bonchev–Trinajstić information content (AvgIpc) is 2.73. The van der Waals surface area contributed by atoms with Gasteiger partial charge in [0.2, 0.25) is 10.0 Å². The molecule has 1 amide bonds. The van der Waals surface area contributed by atoms with Gasteiger partial charge in [0.15, 0.2) is 11.5 Å². The van der Waals surface area contributed by atoms with E-state index in [0.717, 1.165) is 6.42 Å². The number of carbonyl (C=O) groups is 1. The molecule has 1 saturated heterocycles. The quantitative estimate of drug-likeness (QED) is 0.754. The van der Waals surface area contributed by atoms with Gasteiger partial charge in [-0.2, -0.15) is 4.31 Å². The zero-order chi connectivity index (χ0) is 21.9. The average molecular weight is 433 g/mol. The highest BCUT2D eigenvalue weighted by Gasteiger charge is 2.31. The number of ether oxygens (including phenoxy) is 2. The monoisotopic (exact) mass is 432 g/mol. The summed E-state index contributed by atoms with van der Waals surface area (Å²) in [6.07, 6.45) is 1.03. The second kappa shape index (κ2) is 9.06. The van der Waals surface area contributed by atoms with E-state index in [-0.39, 0.29) is 10.8 Å². The van der Waals surface area contributed by atoms with Gasteiger partial charge in [0.05, 0.1) is 19.1 Å². The summed E-state index contributed by atoms with van der Waals surface area (Å²) < 4.78 is 37.9. The molecular formula is C22H28N2O5S. The van der Waals surface area contributed by atoms with Gasteiger partial charge in [-0.05, 0) is 54.7 Å². The third-order valence-electron chi connectivity index (χ3n) is 5.23. The Bertz CT molecular complexity index is 995.